The molecule has 0 bridgehead atoms. The zero-order valence-electron chi connectivity index (χ0n) is 8.85. The van der Waals surface area contributed by atoms with Crippen molar-refractivity contribution in [2.75, 3.05) is 6.61 Å². The molecule has 0 aromatic heterocycles. The fraction of sp³-hybridized carbons (Fsp3) is 0.778. The van der Waals surface area contributed by atoms with Gasteiger partial charge >= 0.3 is 11.9 Å². The topological polar surface area (TPSA) is 82.1 Å². The zero-order valence-corrected chi connectivity index (χ0v) is 8.85. The summed E-state index contributed by atoms with van der Waals surface area (Å²) in [6.45, 7) is 4.89. The molecule has 1 rings (SSSR count). The van der Waals surface area contributed by atoms with Gasteiger partial charge in [-0.3, -0.25) is 0 Å². The van der Waals surface area contributed by atoms with Crippen molar-refractivity contribution in [1.82, 2.24) is 0 Å². The van der Waals surface area contributed by atoms with E-state index in [1.165, 1.54) is 0 Å². The number of esters is 1. The molecule has 0 amide bonds. The third kappa shape index (κ3) is 2.66. The second kappa shape index (κ2) is 4.16. The van der Waals surface area contributed by atoms with Crippen LogP contribution in [0.5, 0.6) is 0 Å². The minimum Gasteiger partial charge on any atom is -0.479 e. The van der Waals surface area contributed by atoms with Crippen LogP contribution < -0.4 is 0 Å². The van der Waals surface area contributed by atoms with Crippen LogP contribution in [0.25, 0.3) is 0 Å². The maximum atomic E-state index is 11.4. The van der Waals surface area contributed by atoms with Crippen molar-refractivity contribution < 1.29 is 28.9 Å². The average Bonchev–Trinajstić information content (AvgIpc) is 2.42. The maximum absolute atomic E-state index is 11.4. The lowest BCUT2D eigenvalue weighted by molar-refractivity contribution is -0.171. The van der Waals surface area contributed by atoms with E-state index in [0.717, 1.165) is 0 Å². The highest BCUT2D eigenvalue weighted by atomic mass is 16.8. The summed E-state index contributed by atoms with van der Waals surface area (Å²) in [4.78, 5) is 22.2. The summed E-state index contributed by atoms with van der Waals surface area (Å²) in [5, 5.41) is 8.82. The molecule has 1 saturated heterocycles. The summed E-state index contributed by atoms with van der Waals surface area (Å²) in [7, 11) is 0. The first kappa shape index (κ1) is 11.9. The molecular weight excluding hydrogens is 204 g/mol. The Labute approximate surface area is 87.1 Å². The smallest absolute Gasteiger partial charge is 0.338 e. The van der Waals surface area contributed by atoms with Gasteiger partial charge in [-0.2, -0.15) is 0 Å². The van der Waals surface area contributed by atoms with Gasteiger partial charge in [0.05, 0.1) is 6.61 Å². The molecule has 0 radical (unpaired) electrons. The van der Waals surface area contributed by atoms with Crippen molar-refractivity contribution in [3.8, 4) is 0 Å². The Kier molecular flexibility index (Phi) is 3.31. The lowest BCUT2D eigenvalue weighted by atomic mass is 10.2. The Morgan fingerprint density at radius 1 is 1.33 bits per heavy atom. The van der Waals surface area contributed by atoms with E-state index in [1.54, 1.807) is 20.8 Å². The Morgan fingerprint density at radius 3 is 2.33 bits per heavy atom. The van der Waals surface area contributed by atoms with Crippen molar-refractivity contribution in [1.29, 1.82) is 0 Å². The Morgan fingerprint density at radius 2 is 1.87 bits per heavy atom. The molecular formula is C9H14O6. The number of carboxylic acids is 1. The second-order valence-corrected chi connectivity index (χ2v) is 3.57. The lowest BCUT2D eigenvalue weighted by Crippen LogP contribution is -2.38. The molecule has 15 heavy (non-hydrogen) atoms. The van der Waals surface area contributed by atoms with Crippen LogP contribution in [0.2, 0.25) is 0 Å². The van der Waals surface area contributed by atoms with E-state index in [4.69, 9.17) is 19.3 Å². The van der Waals surface area contributed by atoms with Gasteiger partial charge in [-0.15, -0.1) is 0 Å². The Balaban J connectivity index is 2.77. The highest BCUT2D eigenvalue weighted by Gasteiger charge is 2.49. The maximum Gasteiger partial charge on any atom is 0.338 e. The summed E-state index contributed by atoms with van der Waals surface area (Å²) in [5.74, 6) is -3.03. The molecule has 1 N–H and O–H groups in total. The fourth-order valence-corrected chi connectivity index (χ4v) is 1.34. The van der Waals surface area contributed by atoms with Gasteiger partial charge in [0.2, 0.25) is 0 Å². The van der Waals surface area contributed by atoms with E-state index in [1.807, 2.05) is 0 Å². The molecule has 0 aromatic rings. The molecule has 2 atom stereocenters. The zero-order chi connectivity index (χ0) is 11.6. The van der Waals surface area contributed by atoms with Crippen molar-refractivity contribution in [2.24, 2.45) is 0 Å². The molecule has 1 unspecified atom stereocenters. The molecule has 6 heteroatoms. The molecule has 86 valence electrons. The minimum absolute atomic E-state index is 0.172. The molecule has 0 aromatic carbocycles. The first-order valence-corrected chi connectivity index (χ1v) is 4.62. The second-order valence-electron chi connectivity index (χ2n) is 3.57. The first-order valence-electron chi connectivity index (χ1n) is 4.62. The van der Waals surface area contributed by atoms with Gasteiger partial charge in [-0.05, 0) is 20.8 Å². The van der Waals surface area contributed by atoms with Crippen LogP contribution in [-0.4, -0.2) is 41.6 Å². The van der Waals surface area contributed by atoms with E-state index < -0.39 is 29.9 Å². The van der Waals surface area contributed by atoms with Crippen LogP contribution >= 0.6 is 0 Å². The number of carboxylic acid groups (broad SMARTS) is 1. The summed E-state index contributed by atoms with van der Waals surface area (Å²) in [6, 6.07) is 0. The highest BCUT2D eigenvalue weighted by molar-refractivity contribution is 5.85. The third-order valence-corrected chi connectivity index (χ3v) is 1.86. The molecule has 6 nitrogen and oxygen atoms in total. The summed E-state index contributed by atoms with van der Waals surface area (Å²) in [6.07, 6.45) is -2.50. The fourth-order valence-electron chi connectivity index (χ4n) is 1.34. The summed E-state index contributed by atoms with van der Waals surface area (Å²) < 4.78 is 14.9. The van der Waals surface area contributed by atoms with Gasteiger partial charge in [0.15, 0.2) is 18.0 Å². The van der Waals surface area contributed by atoms with Crippen molar-refractivity contribution >= 4 is 11.9 Å². The van der Waals surface area contributed by atoms with Crippen LogP contribution in [-0.2, 0) is 23.8 Å². The molecule has 1 aliphatic heterocycles. The molecule has 1 fully saturated rings. The minimum atomic E-state index is -1.31. The van der Waals surface area contributed by atoms with Gasteiger partial charge in [-0.1, -0.05) is 0 Å². The van der Waals surface area contributed by atoms with E-state index in [2.05, 4.69) is 0 Å². The summed E-state index contributed by atoms with van der Waals surface area (Å²) >= 11 is 0. The quantitative estimate of drug-likeness (QED) is 0.679. The number of rotatable bonds is 3. The lowest BCUT2D eigenvalue weighted by Gasteiger charge is -2.15. The van der Waals surface area contributed by atoms with Crippen LogP contribution in [0.1, 0.15) is 20.8 Å². The summed E-state index contributed by atoms with van der Waals surface area (Å²) in [5.41, 5.74) is 0. The standard InChI is InChI=1S/C9H14O6/c1-4-13-8(12)6-5(7(10)11)14-9(2,3)15-6/h5-6H,4H2,1-3H3,(H,10,11)/t5-,6?/m1/s1. The van der Waals surface area contributed by atoms with Gasteiger partial charge in [0.25, 0.3) is 0 Å². The largest absolute Gasteiger partial charge is 0.479 e. The van der Waals surface area contributed by atoms with Crippen LogP contribution in [0.3, 0.4) is 0 Å². The van der Waals surface area contributed by atoms with E-state index in [0.29, 0.717) is 0 Å². The number of carbonyl (C=O) groups is 2. The molecule has 1 aliphatic rings. The SMILES string of the molecule is CCOC(=O)C1OC(C)(C)O[C@H]1C(=O)O. The van der Waals surface area contributed by atoms with Crippen LogP contribution in [0, 0.1) is 0 Å². The van der Waals surface area contributed by atoms with Crippen molar-refractivity contribution in [2.45, 2.75) is 38.8 Å². The number of ether oxygens (including phenoxy) is 3. The third-order valence-electron chi connectivity index (χ3n) is 1.86. The average molecular weight is 218 g/mol. The van der Waals surface area contributed by atoms with Crippen LogP contribution in [0.15, 0.2) is 0 Å². The normalized spacial score (nSPS) is 28.7. The number of hydrogen-bond acceptors (Lipinski definition) is 5. The Bertz CT molecular complexity index is 272. The monoisotopic (exact) mass is 218 g/mol. The van der Waals surface area contributed by atoms with Crippen LogP contribution in [0.4, 0.5) is 0 Å². The molecule has 1 heterocycles. The number of carbonyl (C=O) groups excluding carboxylic acids is 1. The molecule has 0 spiro atoms. The number of aliphatic carboxylic acids is 1. The van der Waals surface area contributed by atoms with Crippen molar-refractivity contribution in [3.05, 3.63) is 0 Å². The van der Waals surface area contributed by atoms with E-state index in [9.17, 15) is 9.59 Å². The van der Waals surface area contributed by atoms with Gasteiger partial charge in [-0.25, -0.2) is 9.59 Å². The highest BCUT2D eigenvalue weighted by Crippen LogP contribution is 2.28. The predicted octanol–water partition coefficient (Wildman–Crippen LogP) is 0.154. The Hall–Kier alpha value is -1.14. The molecule has 0 aliphatic carbocycles. The van der Waals surface area contributed by atoms with E-state index in [-0.39, 0.29) is 6.61 Å². The van der Waals surface area contributed by atoms with Gasteiger partial charge in [0, 0.05) is 0 Å². The molecule has 0 saturated carbocycles. The van der Waals surface area contributed by atoms with Crippen molar-refractivity contribution in [3.63, 3.8) is 0 Å². The predicted molar refractivity (Wildman–Crippen MR) is 48.1 cm³/mol. The first-order chi connectivity index (χ1) is 6.87. The van der Waals surface area contributed by atoms with E-state index >= 15 is 0 Å². The van der Waals surface area contributed by atoms with Gasteiger partial charge < -0.3 is 19.3 Å². The van der Waals surface area contributed by atoms with Gasteiger partial charge in [0.1, 0.15) is 0 Å². The number of hydrogen-bond donors (Lipinski definition) is 1.